The van der Waals surface area contributed by atoms with E-state index < -0.39 is 0 Å². The molecule has 1 aliphatic carbocycles. The Bertz CT molecular complexity index is 837. The molecule has 3 heteroatoms. The van der Waals surface area contributed by atoms with E-state index in [2.05, 4.69) is 49.4 Å². The maximum absolute atomic E-state index is 6.47. The SMILES string of the molecule is CC1CCc2nc(CC(N)c3ccc4ccccc4c3)sc2C1. The molecule has 3 aromatic rings. The number of benzene rings is 2. The molecule has 0 saturated heterocycles. The van der Waals surface area contributed by atoms with E-state index in [9.17, 15) is 0 Å². The van der Waals surface area contributed by atoms with Crippen LogP contribution >= 0.6 is 11.3 Å². The molecule has 0 aliphatic heterocycles. The summed E-state index contributed by atoms with van der Waals surface area (Å²) in [5.74, 6) is 0.796. The van der Waals surface area contributed by atoms with Gasteiger partial charge in [0.15, 0.2) is 0 Å². The van der Waals surface area contributed by atoms with Crippen molar-refractivity contribution in [1.82, 2.24) is 4.98 Å². The van der Waals surface area contributed by atoms with E-state index in [0.717, 1.165) is 18.8 Å². The monoisotopic (exact) mass is 322 g/mol. The molecule has 2 N–H and O–H groups in total. The predicted octanol–water partition coefficient (Wildman–Crippen LogP) is 4.66. The fraction of sp³-hybridized carbons (Fsp3) is 0.350. The van der Waals surface area contributed by atoms with Crippen molar-refractivity contribution in [3.8, 4) is 0 Å². The number of nitrogens with zero attached hydrogens (tertiary/aromatic N) is 1. The maximum Gasteiger partial charge on any atom is 0.0950 e. The van der Waals surface area contributed by atoms with Gasteiger partial charge in [-0.1, -0.05) is 43.3 Å². The molecule has 0 amide bonds. The number of hydrogen-bond donors (Lipinski definition) is 1. The van der Waals surface area contributed by atoms with E-state index >= 15 is 0 Å². The third-order valence-corrected chi connectivity index (χ3v) is 5.97. The third kappa shape index (κ3) is 3.04. The van der Waals surface area contributed by atoms with E-state index in [-0.39, 0.29) is 6.04 Å². The van der Waals surface area contributed by atoms with E-state index in [1.807, 2.05) is 11.3 Å². The summed E-state index contributed by atoms with van der Waals surface area (Å²) in [6, 6.07) is 15.0. The largest absolute Gasteiger partial charge is 0.324 e. The Labute approximate surface area is 141 Å². The number of nitrogens with two attached hydrogens (primary N) is 1. The quantitative estimate of drug-likeness (QED) is 0.761. The van der Waals surface area contributed by atoms with Crippen LogP contribution in [0.2, 0.25) is 0 Å². The second kappa shape index (κ2) is 6.06. The first-order valence-electron chi connectivity index (χ1n) is 8.41. The summed E-state index contributed by atoms with van der Waals surface area (Å²) in [6.07, 6.45) is 4.44. The van der Waals surface area contributed by atoms with Gasteiger partial charge in [0.1, 0.15) is 0 Å². The molecule has 0 spiro atoms. The topological polar surface area (TPSA) is 38.9 Å². The number of fused-ring (bicyclic) bond motifs is 2. The van der Waals surface area contributed by atoms with Gasteiger partial charge in [0.05, 0.1) is 10.7 Å². The lowest BCUT2D eigenvalue weighted by atomic mass is 9.93. The molecule has 23 heavy (non-hydrogen) atoms. The summed E-state index contributed by atoms with van der Waals surface area (Å²) in [5.41, 5.74) is 9.00. The van der Waals surface area contributed by atoms with E-state index in [1.54, 1.807) is 0 Å². The van der Waals surface area contributed by atoms with Gasteiger partial charge in [-0.2, -0.15) is 0 Å². The highest BCUT2D eigenvalue weighted by molar-refractivity contribution is 7.11. The van der Waals surface area contributed by atoms with Crippen LogP contribution in [0.5, 0.6) is 0 Å². The van der Waals surface area contributed by atoms with Crippen LogP contribution in [-0.4, -0.2) is 4.98 Å². The average Bonchev–Trinajstić information content (AvgIpc) is 2.95. The van der Waals surface area contributed by atoms with Crippen molar-refractivity contribution >= 4 is 22.1 Å². The Kier molecular flexibility index (Phi) is 3.92. The van der Waals surface area contributed by atoms with Gasteiger partial charge in [0, 0.05) is 17.3 Å². The Balaban J connectivity index is 1.55. The van der Waals surface area contributed by atoms with Crippen LogP contribution in [0.1, 0.15) is 40.5 Å². The first-order chi connectivity index (χ1) is 11.2. The van der Waals surface area contributed by atoms with Gasteiger partial charge in [0.25, 0.3) is 0 Å². The number of hydrogen-bond acceptors (Lipinski definition) is 3. The minimum absolute atomic E-state index is 0.0182. The van der Waals surface area contributed by atoms with Crippen LogP contribution in [0.15, 0.2) is 42.5 Å². The Morgan fingerprint density at radius 2 is 2.04 bits per heavy atom. The normalized spacial score (nSPS) is 18.8. The summed E-state index contributed by atoms with van der Waals surface area (Å²) in [5, 5.41) is 3.72. The highest BCUT2D eigenvalue weighted by atomic mass is 32.1. The predicted molar refractivity (Wildman–Crippen MR) is 97.9 cm³/mol. The molecule has 2 atom stereocenters. The van der Waals surface area contributed by atoms with Crippen molar-refractivity contribution < 1.29 is 0 Å². The zero-order valence-electron chi connectivity index (χ0n) is 13.5. The van der Waals surface area contributed by atoms with E-state index in [4.69, 9.17) is 10.7 Å². The van der Waals surface area contributed by atoms with Gasteiger partial charge in [-0.05, 0) is 47.6 Å². The fourth-order valence-corrected chi connectivity index (χ4v) is 4.76. The summed E-state index contributed by atoms with van der Waals surface area (Å²) in [6.45, 7) is 2.34. The molecule has 1 aromatic heterocycles. The van der Waals surface area contributed by atoms with Crippen LogP contribution in [0.3, 0.4) is 0 Å². The molecule has 2 aromatic carbocycles. The molecule has 1 heterocycles. The summed E-state index contributed by atoms with van der Waals surface area (Å²) >= 11 is 1.87. The van der Waals surface area contributed by atoms with Gasteiger partial charge in [0.2, 0.25) is 0 Å². The number of rotatable bonds is 3. The lowest BCUT2D eigenvalue weighted by Crippen LogP contribution is -2.13. The first-order valence-corrected chi connectivity index (χ1v) is 9.22. The minimum atomic E-state index is 0.0182. The number of aromatic nitrogens is 1. The van der Waals surface area contributed by atoms with Gasteiger partial charge in [-0.3, -0.25) is 0 Å². The molecule has 0 bridgehead atoms. The maximum atomic E-state index is 6.47. The molecule has 0 radical (unpaired) electrons. The molecule has 1 aliphatic rings. The number of aryl methyl sites for hydroxylation is 1. The first kappa shape index (κ1) is 14.9. The lowest BCUT2D eigenvalue weighted by Gasteiger charge is -2.15. The van der Waals surface area contributed by atoms with Crippen LogP contribution in [0.4, 0.5) is 0 Å². The molecule has 2 unspecified atom stereocenters. The zero-order valence-corrected chi connectivity index (χ0v) is 14.3. The Hall–Kier alpha value is -1.71. The van der Waals surface area contributed by atoms with Crippen molar-refractivity contribution in [2.75, 3.05) is 0 Å². The van der Waals surface area contributed by atoms with Crippen molar-refractivity contribution in [1.29, 1.82) is 0 Å². The smallest absolute Gasteiger partial charge is 0.0950 e. The van der Waals surface area contributed by atoms with Crippen molar-refractivity contribution in [3.05, 3.63) is 63.6 Å². The Morgan fingerprint density at radius 1 is 1.22 bits per heavy atom. The van der Waals surface area contributed by atoms with Crippen LogP contribution < -0.4 is 5.73 Å². The molecule has 4 rings (SSSR count). The van der Waals surface area contributed by atoms with Crippen molar-refractivity contribution in [2.45, 2.75) is 38.6 Å². The fourth-order valence-electron chi connectivity index (χ4n) is 3.43. The standard InChI is InChI=1S/C20H22N2S/c1-13-6-9-18-19(10-13)23-20(22-18)12-17(21)16-8-7-14-4-2-3-5-15(14)11-16/h2-5,7-8,11,13,17H,6,9-10,12,21H2,1H3. The zero-order chi connectivity index (χ0) is 15.8. The lowest BCUT2D eigenvalue weighted by molar-refractivity contribution is 0.501. The van der Waals surface area contributed by atoms with Gasteiger partial charge >= 0.3 is 0 Å². The molecule has 0 saturated carbocycles. The molecule has 118 valence electrons. The van der Waals surface area contributed by atoms with Gasteiger partial charge < -0.3 is 5.73 Å². The third-order valence-electron chi connectivity index (χ3n) is 4.83. The highest BCUT2D eigenvalue weighted by Gasteiger charge is 2.20. The van der Waals surface area contributed by atoms with Crippen LogP contribution in [0, 0.1) is 5.92 Å². The second-order valence-electron chi connectivity index (χ2n) is 6.74. The van der Waals surface area contributed by atoms with Crippen molar-refractivity contribution in [2.24, 2.45) is 11.7 Å². The molecular formula is C20H22N2S. The summed E-state index contributed by atoms with van der Waals surface area (Å²) in [7, 11) is 0. The van der Waals surface area contributed by atoms with Crippen LogP contribution in [0.25, 0.3) is 10.8 Å². The van der Waals surface area contributed by atoms with Crippen molar-refractivity contribution in [3.63, 3.8) is 0 Å². The molecular weight excluding hydrogens is 300 g/mol. The van der Waals surface area contributed by atoms with Gasteiger partial charge in [-0.15, -0.1) is 11.3 Å². The summed E-state index contributed by atoms with van der Waals surface area (Å²) in [4.78, 5) is 6.34. The highest BCUT2D eigenvalue weighted by Crippen LogP contribution is 2.31. The molecule has 2 nitrogen and oxygen atoms in total. The van der Waals surface area contributed by atoms with Crippen LogP contribution in [-0.2, 0) is 19.3 Å². The van der Waals surface area contributed by atoms with E-state index in [0.29, 0.717) is 0 Å². The Morgan fingerprint density at radius 3 is 2.91 bits per heavy atom. The van der Waals surface area contributed by atoms with E-state index in [1.165, 1.54) is 44.8 Å². The minimum Gasteiger partial charge on any atom is -0.324 e. The second-order valence-corrected chi connectivity index (χ2v) is 7.91. The summed E-state index contributed by atoms with van der Waals surface area (Å²) < 4.78 is 0. The van der Waals surface area contributed by atoms with Gasteiger partial charge in [-0.25, -0.2) is 4.98 Å². The average molecular weight is 322 g/mol. The molecule has 0 fully saturated rings. The number of thiazole rings is 1.